The van der Waals surface area contributed by atoms with Gasteiger partial charge in [-0.3, -0.25) is 0 Å². The van der Waals surface area contributed by atoms with Crippen LogP contribution in [0.2, 0.25) is 0 Å². The highest BCUT2D eigenvalue weighted by Gasteiger charge is 2.31. The van der Waals surface area contributed by atoms with Gasteiger partial charge in [-0.25, -0.2) is 8.78 Å². The molecule has 1 aromatic rings. The maximum Gasteiger partial charge on any atom is 0.163 e. The molecule has 1 aliphatic carbocycles. The molecular weight excluding hydrogens is 184 g/mol. The van der Waals surface area contributed by atoms with Gasteiger partial charge in [0.15, 0.2) is 11.6 Å². The smallest absolute Gasteiger partial charge is 0.163 e. The molecule has 0 amide bonds. The molecule has 2 unspecified atom stereocenters. The molecule has 3 heteroatoms. The summed E-state index contributed by atoms with van der Waals surface area (Å²) in [7, 11) is 0. The number of halogens is 2. The Morgan fingerprint density at radius 2 is 2.14 bits per heavy atom. The van der Waals surface area contributed by atoms with Gasteiger partial charge in [0, 0.05) is 18.2 Å². The first-order valence-corrected chi connectivity index (χ1v) is 4.84. The maximum atomic E-state index is 13.2. The van der Waals surface area contributed by atoms with E-state index in [1.165, 1.54) is 6.07 Å². The average Bonchev–Trinajstić information content (AvgIpc) is 2.85. The van der Waals surface area contributed by atoms with Crippen LogP contribution in [0.5, 0.6) is 0 Å². The Labute approximate surface area is 82.1 Å². The van der Waals surface area contributed by atoms with Gasteiger partial charge in [0.05, 0.1) is 0 Å². The van der Waals surface area contributed by atoms with Crippen molar-refractivity contribution in [2.24, 2.45) is 5.92 Å². The Morgan fingerprint density at radius 3 is 2.79 bits per heavy atom. The predicted octanol–water partition coefficient (Wildman–Crippen LogP) is 2.46. The summed E-state index contributed by atoms with van der Waals surface area (Å²) >= 11 is 0. The lowest BCUT2D eigenvalue weighted by atomic mass is 10.2. The SMILES string of the molecule is CC1CC1NCc1cccc(F)c1F. The quantitative estimate of drug-likeness (QED) is 0.784. The van der Waals surface area contributed by atoms with Crippen molar-refractivity contribution in [2.75, 3.05) is 0 Å². The van der Waals surface area contributed by atoms with Crippen molar-refractivity contribution in [3.05, 3.63) is 35.4 Å². The fraction of sp³-hybridized carbons (Fsp3) is 0.455. The fourth-order valence-electron chi connectivity index (χ4n) is 1.53. The second-order valence-corrected chi connectivity index (χ2v) is 3.91. The number of hydrogen-bond donors (Lipinski definition) is 1. The van der Waals surface area contributed by atoms with Crippen LogP contribution in [0.3, 0.4) is 0 Å². The van der Waals surface area contributed by atoms with Crippen LogP contribution in [0.1, 0.15) is 18.9 Å². The van der Waals surface area contributed by atoms with E-state index in [2.05, 4.69) is 12.2 Å². The maximum absolute atomic E-state index is 13.2. The van der Waals surface area contributed by atoms with E-state index < -0.39 is 11.6 Å². The predicted molar refractivity (Wildman–Crippen MR) is 50.8 cm³/mol. The van der Waals surface area contributed by atoms with Crippen LogP contribution in [0.4, 0.5) is 8.78 Å². The summed E-state index contributed by atoms with van der Waals surface area (Å²) in [5.74, 6) is -0.826. The van der Waals surface area contributed by atoms with Gasteiger partial charge in [-0.15, -0.1) is 0 Å². The van der Waals surface area contributed by atoms with E-state index in [4.69, 9.17) is 0 Å². The third-order valence-corrected chi connectivity index (χ3v) is 2.70. The standard InChI is InChI=1S/C11H13F2N/c1-7-5-10(7)14-6-8-3-2-4-9(12)11(8)13/h2-4,7,10,14H,5-6H2,1H3. The molecule has 1 aromatic carbocycles. The van der Waals surface area contributed by atoms with Crippen LogP contribution in [-0.2, 0) is 6.54 Å². The van der Waals surface area contributed by atoms with Crippen LogP contribution in [0, 0.1) is 17.6 Å². The summed E-state index contributed by atoms with van der Waals surface area (Å²) in [5.41, 5.74) is 0.407. The minimum absolute atomic E-state index is 0.407. The number of benzene rings is 1. The molecule has 0 bridgehead atoms. The number of rotatable bonds is 3. The highest BCUT2D eigenvalue weighted by molar-refractivity contribution is 5.19. The molecule has 0 aromatic heterocycles. The van der Waals surface area contributed by atoms with Gasteiger partial charge < -0.3 is 5.32 Å². The highest BCUT2D eigenvalue weighted by atomic mass is 19.2. The summed E-state index contributed by atoms with van der Waals surface area (Å²) in [4.78, 5) is 0. The molecule has 1 N–H and O–H groups in total. The van der Waals surface area contributed by atoms with Crippen LogP contribution < -0.4 is 5.32 Å². The molecule has 1 aliphatic rings. The van der Waals surface area contributed by atoms with E-state index in [1.807, 2.05) is 0 Å². The third kappa shape index (κ3) is 1.93. The third-order valence-electron chi connectivity index (χ3n) is 2.70. The number of nitrogens with one attached hydrogen (secondary N) is 1. The summed E-state index contributed by atoms with van der Waals surface area (Å²) in [6, 6.07) is 4.76. The van der Waals surface area contributed by atoms with Crippen LogP contribution in [0.25, 0.3) is 0 Å². The minimum Gasteiger partial charge on any atom is -0.310 e. The Hall–Kier alpha value is -0.960. The Kier molecular flexibility index (Phi) is 2.50. The van der Waals surface area contributed by atoms with Crippen LogP contribution in [-0.4, -0.2) is 6.04 Å². The van der Waals surface area contributed by atoms with Crippen molar-refractivity contribution in [3.63, 3.8) is 0 Å². The van der Waals surface area contributed by atoms with Crippen molar-refractivity contribution in [2.45, 2.75) is 25.9 Å². The Balaban J connectivity index is 1.98. The zero-order chi connectivity index (χ0) is 10.1. The average molecular weight is 197 g/mol. The van der Waals surface area contributed by atoms with E-state index in [0.717, 1.165) is 12.5 Å². The summed E-state index contributed by atoms with van der Waals surface area (Å²) in [5, 5.41) is 3.18. The molecule has 0 radical (unpaired) electrons. The molecule has 0 saturated heterocycles. The monoisotopic (exact) mass is 197 g/mol. The second-order valence-electron chi connectivity index (χ2n) is 3.91. The van der Waals surface area contributed by atoms with Gasteiger partial charge in [-0.1, -0.05) is 19.1 Å². The molecule has 1 nitrogen and oxygen atoms in total. The Bertz CT molecular complexity index is 338. The van der Waals surface area contributed by atoms with Gasteiger partial charge in [0.25, 0.3) is 0 Å². The molecule has 0 heterocycles. The molecule has 2 rings (SSSR count). The van der Waals surface area contributed by atoms with Crippen molar-refractivity contribution in [1.82, 2.24) is 5.32 Å². The molecule has 76 valence electrons. The van der Waals surface area contributed by atoms with Gasteiger partial charge in [-0.05, 0) is 18.4 Å². The molecular formula is C11H13F2N. The second kappa shape index (κ2) is 3.65. The Morgan fingerprint density at radius 1 is 1.43 bits per heavy atom. The lowest BCUT2D eigenvalue weighted by Crippen LogP contribution is -2.18. The van der Waals surface area contributed by atoms with E-state index in [-0.39, 0.29) is 0 Å². The van der Waals surface area contributed by atoms with Gasteiger partial charge >= 0.3 is 0 Å². The van der Waals surface area contributed by atoms with E-state index in [0.29, 0.717) is 24.1 Å². The number of hydrogen-bond acceptors (Lipinski definition) is 1. The first kappa shape index (κ1) is 9.59. The first-order valence-electron chi connectivity index (χ1n) is 4.84. The van der Waals surface area contributed by atoms with Crippen molar-refractivity contribution < 1.29 is 8.78 Å². The van der Waals surface area contributed by atoms with Gasteiger partial charge in [0.1, 0.15) is 0 Å². The minimum atomic E-state index is -0.770. The highest BCUT2D eigenvalue weighted by Crippen LogP contribution is 2.29. The van der Waals surface area contributed by atoms with Crippen molar-refractivity contribution >= 4 is 0 Å². The molecule has 2 atom stereocenters. The first-order chi connectivity index (χ1) is 6.68. The normalized spacial score (nSPS) is 25.1. The lowest BCUT2D eigenvalue weighted by molar-refractivity contribution is 0.491. The van der Waals surface area contributed by atoms with Crippen LogP contribution in [0.15, 0.2) is 18.2 Å². The van der Waals surface area contributed by atoms with E-state index in [9.17, 15) is 8.78 Å². The molecule has 1 fully saturated rings. The topological polar surface area (TPSA) is 12.0 Å². The van der Waals surface area contributed by atoms with E-state index in [1.54, 1.807) is 6.07 Å². The molecule has 0 aliphatic heterocycles. The largest absolute Gasteiger partial charge is 0.310 e. The van der Waals surface area contributed by atoms with Crippen LogP contribution >= 0.6 is 0 Å². The fourth-order valence-corrected chi connectivity index (χ4v) is 1.53. The van der Waals surface area contributed by atoms with Gasteiger partial charge in [0.2, 0.25) is 0 Å². The lowest BCUT2D eigenvalue weighted by Gasteiger charge is -2.05. The van der Waals surface area contributed by atoms with E-state index >= 15 is 0 Å². The summed E-state index contributed by atoms with van der Waals surface area (Å²) in [6.45, 7) is 2.55. The molecule has 1 saturated carbocycles. The zero-order valence-electron chi connectivity index (χ0n) is 8.06. The van der Waals surface area contributed by atoms with Gasteiger partial charge in [-0.2, -0.15) is 0 Å². The molecule has 0 spiro atoms. The van der Waals surface area contributed by atoms with Crippen molar-refractivity contribution in [1.29, 1.82) is 0 Å². The van der Waals surface area contributed by atoms with Crippen molar-refractivity contribution in [3.8, 4) is 0 Å². The summed E-state index contributed by atoms with van der Waals surface area (Å²) < 4.78 is 25.9. The molecule has 14 heavy (non-hydrogen) atoms. The summed E-state index contributed by atoms with van der Waals surface area (Å²) in [6.07, 6.45) is 1.14. The zero-order valence-corrected chi connectivity index (χ0v) is 8.06.